The van der Waals surface area contributed by atoms with Crippen molar-refractivity contribution in [2.45, 2.75) is 31.4 Å². The number of hydrogen-bond donors (Lipinski definition) is 1. The molecule has 1 atom stereocenters. The number of hydrogen-bond acceptors (Lipinski definition) is 2. The third-order valence-corrected chi connectivity index (χ3v) is 6.04. The normalized spacial score (nSPS) is 17.8. The van der Waals surface area contributed by atoms with Crippen molar-refractivity contribution in [3.8, 4) is 11.4 Å². The lowest BCUT2D eigenvalue weighted by Crippen LogP contribution is -2.35. The van der Waals surface area contributed by atoms with Gasteiger partial charge in [0.15, 0.2) is 0 Å². The fourth-order valence-corrected chi connectivity index (χ4v) is 4.60. The van der Waals surface area contributed by atoms with Crippen molar-refractivity contribution in [3.63, 3.8) is 0 Å². The molecule has 0 spiro atoms. The van der Waals surface area contributed by atoms with E-state index in [-0.39, 0.29) is 5.54 Å². The summed E-state index contributed by atoms with van der Waals surface area (Å²) in [5.74, 6) is 1.00. The molecule has 3 heteroatoms. The van der Waals surface area contributed by atoms with Crippen LogP contribution in [0, 0.1) is 0 Å². The predicted molar refractivity (Wildman–Crippen MR) is 116 cm³/mol. The summed E-state index contributed by atoms with van der Waals surface area (Å²) in [6, 6.07) is 27.6. The van der Waals surface area contributed by atoms with Crippen LogP contribution in [0.15, 0.2) is 91.3 Å². The van der Waals surface area contributed by atoms with Gasteiger partial charge in [0.2, 0.25) is 0 Å². The molecule has 3 aromatic carbocycles. The molecule has 1 aliphatic heterocycles. The minimum absolute atomic E-state index is 0.373. The Morgan fingerprint density at radius 2 is 1.59 bits per heavy atom. The van der Waals surface area contributed by atoms with Gasteiger partial charge in [-0.3, -0.25) is 0 Å². The van der Waals surface area contributed by atoms with Crippen LogP contribution in [-0.4, -0.2) is 14.7 Å². The number of rotatable bonds is 4. The summed E-state index contributed by atoms with van der Waals surface area (Å²) in [7, 11) is 0. The molecule has 1 aliphatic rings. The minimum Gasteiger partial charge on any atom is -0.386 e. The average molecular weight is 380 g/mol. The molecule has 0 bridgehead atoms. The van der Waals surface area contributed by atoms with E-state index in [0.717, 1.165) is 17.8 Å². The first-order valence-electron chi connectivity index (χ1n) is 10.0. The minimum atomic E-state index is -0.862. The molecule has 144 valence electrons. The molecule has 0 saturated heterocycles. The van der Waals surface area contributed by atoms with Crippen LogP contribution in [0.25, 0.3) is 11.4 Å². The Bertz CT molecular complexity index is 1150. The number of imidazole rings is 1. The quantitative estimate of drug-likeness (QED) is 0.533. The maximum Gasteiger partial charge on any atom is 0.141 e. The monoisotopic (exact) mass is 380 g/mol. The molecule has 0 radical (unpaired) electrons. The Labute approximate surface area is 171 Å². The maximum absolute atomic E-state index is 10.4. The smallest absolute Gasteiger partial charge is 0.141 e. The highest BCUT2D eigenvalue weighted by Gasteiger charge is 2.44. The molecule has 0 amide bonds. The van der Waals surface area contributed by atoms with Gasteiger partial charge in [0.1, 0.15) is 11.4 Å². The Balaban J connectivity index is 1.76. The van der Waals surface area contributed by atoms with Crippen molar-refractivity contribution < 1.29 is 5.11 Å². The number of nitrogens with zero attached hydrogens (tertiary/aromatic N) is 2. The molecule has 3 nitrogen and oxygen atoms in total. The lowest BCUT2D eigenvalue weighted by atomic mass is 9.77. The van der Waals surface area contributed by atoms with E-state index in [2.05, 4.69) is 82.5 Å². The summed E-state index contributed by atoms with van der Waals surface area (Å²) in [5, 5.41) is 10.4. The Morgan fingerprint density at radius 1 is 0.897 bits per heavy atom. The molecule has 1 N–H and O–H groups in total. The lowest BCUT2D eigenvalue weighted by molar-refractivity contribution is 0.0785. The van der Waals surface area contributed by atoms with Crippen LogP contribution in [0.3, 0.4) is 0 Å². The van der Waals surface area contributed by atoms with Crippen molar-refractivity contribution in [2.24, 2.45) is 0 Å². The van der Waals surface area contributed by atoms with Crippen molar-refractivity contribution in [3.05, 3.63) is 114 Å². The van der Waals surface area contributed by atoms with Crippen molar-refractivity contribution in [2.75, 3.05) is 0 Å². The number of fused-ring (bicyclic) bond motifs is 3. The highest BCUT2D eigenvalue weighted by atomic mass is 16.3. The van der Waals surface area contributed by atoms with Gasteiger partial charge in [0.05, 0.1) is 5.60 Å². The fraction of sp³-hybridized carbons (Fsp3) is 0.192. The molecular weight excluding hydrogens is 356 g/mol. The standard InChI is InChI=1S/C26H24N2O/c1-25(2,29)20-12-14-21(15-13-20)26(18-19-8-4-3-5-9-19)23-11-7-6-10-22(23)24-27-16-17-28(24)26/h3-17,29H,18H2,1-2H3. The lowest BCUT2D eigenvalue weighted by Gasteiger charge is -2.34. The van der Waals surface area contributed by atoms with E-state index in [4.69, 9.17) is 0 Å². The van der Waals surface area contributed by atoms with Gasteiger partial charge in [-0.2, -0.15) is 0 Å². The first-order valence-corrected chi connectivity index (χ1v) is 10.0. The summed E-state index contributed by atoms with van der Waals surface area (Å²) in [4.78, 5) is 4.68. The van der Waals surface area contributed by atoms with Gasteiger partial charge in [0.25, 0.3) is 0 Å². The first kappa shape index (κ1) is 17.9. The molecule has 1 unspecified atom stereocenters. The van der Waals surface area contributed by atoms with Crippen LogP contribution in [0.4, 0.5) is 0 Å². The second-order valence-electron chi connectivity index (χ2n) is 8.33. The first-order chi connectivity index (χ1) is 14.0. The van der Waals surface area contributed by atoms with Crippen LogP contribution in [0.2, 0.25) is 0 Å². The van der Waals surface area contributed by atoms with E-state index in [9.17, 15) is 5.11 Å². The third kappa shape index (κ3) is 2.73. The Kier molecular flexibility index (Phi) is 3.97. The van der Waals surface area contributed by atoms with Crippen molar-refractivity contribution in [1.82, 2.24) is 9.55 Å². The third-order valence-electron chi connectivity index (χ3n) is 6.04. The Hall–Kier alpha value is -3.17. The fourth-order valence-electron chi connectivity index (χ4n) is 4.60. The van der Waals surface area contributed by atoms with Gasteiger partial charge in [-0.1, -0.05) is 78.9 Å². The number of aliphatic hydroxyl groups is 1. The molecule has 0 aliphatic carbocycles. The largest absolute Gasteiger partial charge is 0.386 e. The van der Waals surface area contributed by atoms with Crippen LogP contribution in [0.1, 0.15) is 36.1 Å². The van der Waals surface area contributed by atoms with Gasteiger partial charge in [-0.15, -0.1) is 0 Å². The average Bonchev–Trinajstić information content (AvgIpc) is 3.31. The van der Waals surface area contributed by atoms with Gasteiger partial charge in [-0.05, 0) is 36.1 Å². The van der Waals surface area contributed by atoms with Crippen LogP contribution in [-0.2, 0) is 17.6 Å². The van der Waals surface area contributed by atoms with Crippen LogP contribution in [0.5, 0.6) is 0 Å². The van der Waals surface area contributed by atoms with Crippen LogP contribution < -0.4 is 0 Å². The van der Waals surface area contributed by atoms with E-state index < -0.39 is 5.60 Å². The zero-order valence-electron chi connectivity index (χ0n) is 16.7. The SMILES string of the molecule is CC(C)(O)c1ccc(C2(Cc3ccccc3)c3ccccc3-c3nccn32)cc1. The van der Waals surface area contributed by atoms with E-state index in [0.29, 0.717) is 0 Å². The summed E-state index contributed by atoms with van der Waals surface area (Å²) in [6.45, 7) is 3.64. The zero-order chi connectivity index (χ0) is 20.1. The Morgan fingerprint density at radius 3 is 2.31 bits per heavy atom. The molecular formula is C26H24N2O. The van der Waals surface area contributed by atoms with E-state index in [1.54, 1.807) is 0 Å². The predicted octanol–water partition coefficient (Wildman–Crippen LogP) is 5.13. The molecule has 5 rings (SSSR count). The van der Waals surface area contributed by atoms with E-state index >= 15 is 0 Å². The van der Waals surface area contributed by atoms with Gasteiger partial charge < -0.3 is 9.67 Å². The molecule has 2 heterocycles. The summed E-state index contributed by atoms with van der Waals surface area (Å²) in [6.07, 6.45) is 4.80. The van der Waals surface area contributed by atoms with E-state index in [1.807, 2.05) is 32.2 Å². The second-order valence-corrected chi connectivity index (χ2v) is 8.33. The van der Waals surface area contributed by atoms with Crippen molar-refractivity contribution >= 4 is 0 Å². The maximum atomic E-state index is 10.4. The van der Waals surface area contributed by atoms with Gasteiger partial charge in [0, 0.05) is 24.4 Å². The second kappa shape index (κ2) is 6.43. The zero-order valence-corrected chi connectivity index (χ0v) is 16.7. The van der Waals surface area contributed by atoms with Crippen LogP contribution >= 0.6 is 0 Å². The van der Waals surface area contributed by atoms with Crippen molar-refractivity contribution in [1.29, 1.82) is 0 Å². The van der Waals surface area contributed by atoms with Gasteiger partial charge in [-0.25, -0.2) is 4.98 Å². The highest BCUT2D eigenvalue weighted by molar-refractivity contribution is 5.71. The molecule has 1 aromatic heterocycles. The summed E-state index contributed by atoms with van der Waals surface area (Å²) >= 11 is 0. The topological polar surface area (TPSA) is 38.1 Å². The summed E-state index contributed by atoms with van der Waals surface area (Å²) < 4.78 is 2.31. The molecule has 4 aromatic rings. The molecule has 0 saturated carbocycles. The number of aromatic nitrogens is 2. The highest BCUT2D eigenvalue weighted by Crippen LogP contribution is 2.48. The molecule has 29 heavy (non-hydrogen) atoms. The molecule has 0 fully saturated rings. The van der Waals surface area contributed by atoms with E-state index in [1.165, 1.54) is 22.3 Å². The summed E-state index contributed by atoms with van der Waals surface area (Å²) in [5.41, 5.74) is 4.59. The van der Waals surface area contributed by atoms with Gasteiger partial charge >= 0.3 is 0 Å². The number of benzene rings is 3.